The molecule has 6 nitrogen and oxygen atoms in total. The molecule has 1 aliphatic rings. The van der Waals surface area contributed by atoms with Crippen molar-refractivity contribution < 1.29 is 14.3 Å². The van der Waals surface area contributed by atoms with Crippen LogP contribution < -0.4 is 10.6 Å². The average Bonchev–Trinajstić information content (AvgIpc) is 2.53. The highest BCUT2D eigenvalue weighted by atomic mass is 16.6. The minimum Gasteiger partial charge on any atom is -0.444 e. The first-order chi connectivity index (χ1) is 12.4. The summed E-state index contributed by atoms with van der Waals surface area (Å²) < 4.78 is 5.39. The Labute approximate surface area is 162 Å². The third-order valence-corrected chi connectivity index (χ3v) is 4.49. The predicted molar refractivity (Wildman–Crippen MR) is 108 cm³/mol. The lowest BCUT2D eigenvalue weighted by Gasteiger charge is -2.33. The van der Waals surface area contributed by atoms with E-state index in [4.69, 9.17) is 4.74 Å². The summed E-state index contributed by atoms with van der Waals surface area (Å²) in [6, 6.07) is 7.76. The van der Waals surface area contributed by atoms with E-state index in [9.17, 15) is 9.59 Å². The van der Waals surface area contributed by atoms with E-state index in [1.807, 2.05) is 45.0 Å². The van der Waals surface area contributed by atoms with Crippen LogP contribution in [0.4, 0.5) is 15.3 Å². The molecule has 0 atom stereocenters. The van der Waals surface area contributed by atoms with Crippen molar-refractivity contribution in [2.24, 2.45) is 0 Å². The SMILES string of the molecule is CC(C)(C)OC(=O)N1CCC(NC(=O)Nc2ccc(C(C)(C)C)cc2)CC1. The third kappa shape index (κ3) is 6.77. The van der Waals surface area contributed by atoms with Crippen molar-refractivity contribution in [2.45, 2.75) is 71.4 Å². The third-order valence-electron chi connectivity index (χ3n) is 4.49. The summed E-state index contributed by atoms with van der Waals surface area (Å²) in [5.41, 5.74) is 1.59. The number of likely N-dealkylation sites (tertiary alicyclic amines) is 1. The summed E-state index contributed by atoms with van der Waals surface area (Å²) in [4.78, 5) is 26.0. The van der Waals surface area contributed by atoms with Gasteiger partial charge in [0.2, 0.25) is 0 Å². The molecule has 0 aromatic heterocycles. The Balaban J connectivity index is 1.78. The van der Waals surface area contributed by atoms with E-state index in [0.29, 0.717) is 13.1 Å². The molecule has 0 spiro atoms. The molecule has 6 heteroatoms. The number of urea groups is 1. The Kier molecular flexibility index (Phi) is 6.39. The molecule has 0 unspecified atom stereocenters. The maximum atomic E-state index is 12.2. The van der Waals surface area contributed by atoms with Crippen LogP contribution in [0.1, 0.15) is 59.9 Å². The van der Waals surface area contributed by atoms with E-state index in [1.54, 1.807) is 4.90 Å². The molecule has 1 fully saturated rings. The molecule has 1 aromatic rings. The maximum absolute atomic E-state index is 12.2. The van der Waals surface area contributed by atoms with Gasteiger partial charge in [-0.3, -0.25) is 0 Å². The number of ether oxygens (including phenoxy) is 1. The number of piperidine rings is 1. The lowest BCUT2D eigenvalue weighted by molar-refractivity contribution is 0.0202. The van der Waals surface area contributed by atoms with Gasteiger partial charge in [-0.05, 0) is 56.7 Å². The van der Waals surface area contributed by atoms with Gasteiger partial charge in [0.05, 0.1) is 0 Å². The zero-order valence-corrected chi connectivity index (χ0v) is 17.4. The van der Waals surface area contributed by atoms with Gasteiger partial charge in [0.25, 0.3) is 0 Å². The fourth-order valence-electron chi connectivity index (χ4n) is 2.94. The number of carbonyl (C=O) groups is 2. The van der Waals surface area contributed by atoms with Crippen molar-refractivity contribution >= 4 is 17.8 Å². The topological polar surface area (TPSA) is 70.7 Å². The molecule has 1 heterocycles. The Morgan fingerprint density at radius 3 is 2.04 bits per heavy atom. The largest absolute Gasteiger partial charge is 0.444 e. The van der Waals surface area contributed by atoms with Crippen LogP contribution in [-0.4, -0.2) is 41.8 Å². The summed E-state index contributed by atoms with van der Waals surface area (Å²) in [6.45, 7) is 13.2. The normalized spacial score (nSPS) is 16.0. The van der Waals surface area contributed by atoms with Crippen LogP contribution in [0.5, 0.6) is 0 Å². The van der Waals surface area contributed by atoms with Gasteiger partial charge < -0.3 is 20.3 Å². The van der Waals surface area contributed by atoms with Gasteiger partial charge in [-0.1, -0.05) is 32.9 Å². The number of carbonyl (C=O) groups excluding carboxylic acids is 2. The second-order valence-electron chi connectivity index (χ2n) is 9.17. The fourth-order valence-corrected chi connectivity index (χ4v) is 2.94. The highest BCUT2D eigenvalue weighted by Crippen LogP contribution is 2.23. The van der Waals surface area contributed by atoms with Crippen LogP contribution in [0.25, 0.3) is 0 Å². The number of rotatable bonds is 2. The van der Waals surface area contributed by atoms with Gasteiger partial charge in [-0.15, -0.1) is 0 Å². The number of anilines is 1. The number of benzene rings is 1. The van der Waals surface area contributed by atoms with E-state index < -0.39 is 5.60 Å². The standard InChI is InChI=1S/C21H33N3O3/c1-20(2,3)15-7-9-16(10-8-15)22-18(25)23-17-11-13-24(14-12-17)19(26)27-21(4,5)6/h7-10,17H,11-14H2,1-6H3,(H2,22,23,25). The van der Waals surface area contributed by atoms with Gasteiger partial charge in [0, 0.05) is 24.8 Å². The fraction of sp³-hybridized carbons (Fsp3) is 0.619. The molecule has 0 bridgehead atoms. The molecule has 0 aliphatic carbocycles. The molecule has 2 rings (SSSR count). The van der Waals surface area contributed by atoms with Crippen LogP contribution in [0.3, 0.4) is 0 Å². The molecule has 2 N–H and O–H groups in total. The molecule has 0 saturated carbocycles. The quantitative estimate of drug-likeness (QED) is 0.799. The number of nitrogens with zero attached hydrogens (tertiary/aromatic N) is 1. The summed E-state index contributed by atoms with van der Waals surface area (Å²) >= 11 is 0. The van der Waals surface area contributed by atoms with Crippen LogP contribution in [-0.2, 0) is 10.2 Å². The number of hydrogen-bond acceptors (Lipinski definition) is 3. The van der Waals surface area contributed by atoms with Crippen molar-refractivity contribution in [3.8, 4) is 0 Å². The van der Waals surface area contributed by atoms with E-state index in [-0.39, 0.29) is 23.6 Å². The number of amides is 3. The first-order valence-electron chi connectivity index (χ1n) is 9.60. The van der Waals surface area contributed by atoms with Gasteiger partial charge in [-0.25, -0.2) is 9.59 Å². The molecule has 0 radical (unpaired) electrons. The molecule has 3 amide bonds. The molecule has 1 aliphatic heterocycles. The maximum Gasteiger partial charge on any atom is 0.410 e. The van der Waals surface area contributed by atoms with E-state index in [0.717, 1.165) is 18.5 Å². The Morgan fingerprint density at radius 1 is 1.00 bits per heavy atom. The first kappa shape index (κ1) is 21.1. The van der Waals surface area contributed by atoms with Crippen molar-refractivity contribution in [3.05, 3.63) is 29.8 Å². The molecule has 150 valence electrons. The van der Waals surface area contributed by atoms with Crippen LogP contribution in [0, 0.1) is 0 Å². The molecule has 1 saturated heterocycles. The first-order valence-corrected chi connectivity index (χ1v) is 9.60. The molecule has 27 heavy (non-hydrogen) atoms. The average molecular weight is 376 g/mol. The minimum atomic E-state index is -0.491. The van der Waals surface area contributed by atoms with Gasteiger partial charge in [0.1, 0.15) is 5.60 Å². The second kappa shape index (κ2) is 8.19. The van der Waals surface area contributed by atoms with Crippen molar-refractivity contribution in [3.63, 3.8) is 0 Å². The Morgan fingerprint density at radius 2 is 1.56 bits per heavy atom. The highest BCUT2D eigenvalue weighted by molar-refractivity contribution is 5.89. The Hall–Kier alpha value is -2.24. The Bertz CT molecular complexity index is 649. The lowest BCUT2D eigenvalue weighted by Crippen LogP contribution is -2.48. The zero-order valence-electron chi connectivity index (χ0n) is 17.4. The van der Waals surface area contributed by atoms with Crippen molar-refractivity contribution in [2.75, 3.05) is 18.4 Å². The predicted octanol–water partition coefficient (Wildman–Crippen LogP) is 4.51. The summed E-state index contributed by atoms with van der Waals surface area (Å²) in [7, 11) is 0. The van der Waals surface area contributed by atoms with E-state index in [1.165, 1.54) is 5.56 Å². The van der Waals surface area contributed by atoms with Gasteiger partial charge >= 0.3 is 12.1 Å². The second-order valence-corrected chi connectivity index (χ2v) is 9.17. The summed E-state index contributed by atoms with van der Waals surface area (Å²) in [5, 5.41) is 5.87. The van der Waals surface area contributed by atoms with Crippen LogP contribution >= 0.6 is 0 Å². The van der Waals surface area contributed by atoms with Crippen LogP contribution in [0.15, 0.2) is 24.3 Å². The summed E-state index contributed by atoms with van der Waals surface area (Å²) in [5.74, 6) is 0. The molecule has 1 aromatic carbocycles. The minimum absolute atomic E-state index is 0.0533. The van der Waals surface area contributed by atoms with Crippen LogP contribution in [0.2, 0.25) is 0 Å². The van der Waals surface area contributed by atoms with Crippen molar-refractivity contribution in [1.29, 1.82) is 0 Å². The monoisotopic (exact) mass is 375 g/mol. The van der Waals surface area contributed by atoms with E-state index >= 15 is 0 Å². The molecular formula is C21H33N3O3. The van der Waals surface area contributed by atoms with Crippen molar-refractivity contribution in [1.82, 2.24) is 10.2 Å². The van der Waals surface area contributed by atoms with Gasteiger partial charge in [-0.2, -0.15) is 0 Å². The lowest BCUT2D eigenvalue weighted by atomic mass is 9.87. The van der Waals surface area contributed by atoms with E-state index in [2.05, 4.69) is 31.4 Å². The smallest absolute Gasteiger partial charge is 0.410 e. The molecular weight excluding hydrogens is 342 g/mol. The summed E-state index contributed by atoms with van der Waals surface area (Å²) in [6.07, 6.45) is 1.15. The highest BCUT2D eigenvalue weighted by Gasteiger charge is 2.27. The van der Waals surface area contributed by atoms with Gasteiger partial charge in [0.15, 0.2) is 0 Å². The number of nitrogens with one attached hydrogen (secondary N) is 2. The number of hydrogen-bond donors (Lipinski definition) is 2. The zero-order chi connectivity index (χ0) is 20.2.